The number of rotatable bonds is 4. The van der Waals surface area contributed by atoms with Crippen LogP contribution in [0.2, 0.25) is 0 Å². The average Bonchev–Trinajstić information content (AvgIpc) is 2.94. The van der Waals surface area contributed by atoms with Crippen molar-refractivity contribution in [2.75, 3.05) is 13.1 Å². The number of azo groups is 1. The van der Waals surface area contributed by atoms with E-state index in [0.29, 0.717) is 18.2 Å². The van der Waals surface area contributed by atoms with Crippen LogP contribution in [0.15, 0.2) is 58.9 Å². The third-order valence-corrected chi connectivity index (χ3v) is 5.04. The van der Waals surface area contributed by atoms with E-state index < -0.39 is 0 Å². The van der Waals surface area contributed by atoms with Crippen LogP contribution in [0.25, 0.3) is 10.9 Å². The number of likely N-dealkylation sites (tertiary alicyclic amines) is 1. The van der Waals surface area contributed by atoms with Crippen LogP contribution in [0.4, 0.5) is 11.5 Å². The lowest BCUT2D eigenvalue weighted by Crippen LogP contribution is -2.34. The Morgan fingerprint density at radius 2 is 1.85 bits per heavy atom. The molecule has 3 heterocycles. The summed E-state index contributed by atoms with van der Waals surface area (Å²) in [6.45, 7) is 5.07. The number of pyridine rings is 1. The van der Waals surface area contributed by atoms with Crippen LogP contribution >= 0.6 is 0 Å². The SMILES string of the molecule is CC1CCN(Cn2c(O)c(N=Nc3ccccn3)c3ccccc32)CC1. The Bertz CT molecular complexity index is 911. The molecule has 1 saturated heterocycles. The second kappa shape index (κ2) is 7.25. The highest BCUT2D eigenvalue weighted by atomic mass is 16.3. The summed E-state index contributed by atoms with van der Waals surface area (Å²) in [6, 6.07) is 13.4. The molecule has 3 aromatic rings. The molecule has 0 radical (unpaired) electrons. The molecular weight excluding hydrogens is 326 g/mol. The van der Waals surface area contributed by atoms with Gasteiger partial charge in [-0.1, -0.05) is 31.2 Å². The summed E-state index contributed by atoms with van der Waals surface area (Å²) < 4.78 is 1.93. The number of para-hydroxylation sites is 1. The van der Waals surface area contributed by atoms with Crippen LogP contribution < -0.4 is 0 Å². The quantitative estimate of drug-likeness (QED) is 0.685. The Kier molecular flexibility index (Phi) is 4.67. The number of nitrogens with zero attached hydrogens (tertiary/aromatic N) is 5. The Hall–Kier alpha value is -2.73. The van der Waals surface area contributed by atoms with Crippen LogP contribution in [0.3, 0.4) is 0 Å². The maximum atomic E-state index is 10.8. The number of aromatic nitrogens is 2. The molecule has 4 rings (SSSR count). The summed E-state index contributed by atoms with van der Waals surface area (Å²) in [5.41, 5.74) is 1.47. The number of piperidine rings is 1. The molecule has 1 aliphatic heterocycles. The molecule has 1 aliphatic rings. The summed E-state index contributed by atoms with van der Waals surface area (Å²) in [4.78, 5) is 6.53. The van der Waals surface area contributed by atoms with E-state index >= 15 is 0 Å². The third-order valence-electron chi connectivity index (χ3n) is 5.04. The van der Waals surface area contributed by atoms with Crippen molar-refractivity contribution in [3.05, 3.63) is 48.7 Å². The molecule has 0 spiro atoms. The number of fused-ring (bicyclic) bond motifs is 1. The molecule has 1 N–H and O–H groups in total. The molecule has 0 amide bonds. The maximum Gasteiger partial charge on any atom is 0.221 e. The largest absolute Gasteiger partial charge is 0.493 e. The van der Waals surface area contributed by atoms with Gasteiger partial charge < -0.3 is 5.11 Å². The van der Waals surface area contributed by atoms with Crippen molar-refractivity contribution in [2.45, 2.75) is 26.4 Å². The minimum absolute atomic E-state index is 0.157. The van der Waals surface area contributed by atoms with E-state index in [1.807, 2.05) is 41.0 Å². The molecular formula is C20H23N5O. The van der Waals surface area contributed by atoms with Gasteiger partial charge in [0.15, 0.2) is 11.5 Å². The molecule has 0 saturated carbocycles. The highest BCUT2D eigenvalue weighted by Gasteiger charge is 2.21. The molecule has 2 aromatic heterocycles. The second-order valence-electron chi connectivity index (χ2n) is 6.95. The Morgan fingerprint density at radius 1 is 1.08 bits per heavy atom. The van der Waals surface area contributed by atoms with Gasteiger partial charge in [0.2, 0.25) is 5.88 Å². The Balaban J connectivity index is 1.68. The zero-order chi connectivity index (χ0) is 17.9. The van der Waals surface area contributed by atoms with Crippen LogP contribution in [0.5, 0.6) is 5.88 Å². The molecule has 0 aliphatic carbocycles. The fourth-order valence-corrected chi connectivity index (χ4v) is 3.43. The number of benzene rings is 1. The highest BCUT2D eigenvalue weighted by Crippen LogP contribution is 2.39. The van der Waals surface area contributed by atoms with Crippen molar-refractivity contribution in [1.29, 1.82) is 0 Å². The smallest absolute Gasteiger partial charge is 0.221 e. The van der Waals surface area contributed by atoms with Gasteiger partial charge in [0.25, 0.3) is 0 Å². The van der Waals surface area contributed by atoms with Gasteiger partial charge >= 0.3 is 0 Å². The summed E-state index contributed by atoms with van der Waals surface area (Å²) in [5, 5.41) is 20.2. The van der Waals surface area contributed by atoms with E-state index in [-0.39, 0.29) is 5.88 Å². The van der Waals surface area contributed by atoms with Crippen molar-refractivity contribution < 1.29 is 5.11 Å². The monoisotopic (exact) mass is 349 g/mol. The minimum Gasteiger partial charge on any atom is -0.493 e. The second-order valence-corrected chi connectivity index (χ2v) is 6.95. The van der Waals surface area contributed by atoms with Crippen molar-refractivity contribution >= 4 is 22.4 Å². The van der Waals surface area contributed by atoms with Gasteiger partial charge in [-0.25, -0.2) is 4.98 Å². The summed E-state index contributed by atoms with van der Waals surface area (Å²) in [5.74, 6) is 1.46. The van der Waals surface area contributed by atoms with Crippen molar-refractivity contribution in [2.24, 2.45) is 16.1 Å². The normalized spacial score (nSPS) is 16.7. The number of hydrogen-bond acceptors (Lipinski definition) is 5. The fourth-order valence-electron chi connectivity index (χ4n) is 3.43. The van der Waals surface area contributed by atoms with Gasteiger partial charge in [0.1, 0.15) is 0 Å². The zero-order valence-electron chi connectivity index (χ0n) is 14.9. The first-order valence-corrected chi connectivity index (χ1v) is 9.07. The molecule has 26 heavy (non-hydrogen) atoms. The van der Waals surface area contributed by atoms with Gasteiger partial charge in [-0.15, -0.1) is 10.2 Å². The van der Waals surface area contributed by atoms with Crippen LogP contribution in [-0.4, -0.2) is 32.6 Å². The predicted molar refractivity (Wildman–Crippen MR) is 102 cm³/mol. The van der Waals surface area contributed by atoms with Gasteiger partial charge in [-0.05, 0) is 37.0 Å². The van der Waals surface area contributed by atoms with Crippen molar-refractivity contribution in [3.63, 3.8) is 0 Å². The molecule has 134 valence electrons. The standard InChI is InChI=1S/C20H23N5O/c1-15-9-12-24(13-10-15)14-25-17-7-3-2-6-16(17)19(20(25)26)23-22-18-8-4-5-11-21-18/h2-8,11,15,26H,9-10,12-14H2,1H3. The van der Waals surface area contributed by atoms with E-state index in [0.717, 1.165) is 29.9 Å². The topological polar surface area (TPSA) is 66.0 Å². The van der Waals surface area contributed by atoms with E-state index in [2.05, 4.69) is 27.0 Å². The first-order chi connectivity index (χ1) is 12.7. The maximum absolute atomic E-state index is 10.8. The number of hydrogen-bond donors (Lipinski definition) is 1. The lowest BCUT2D eigenvalue weighted by molar-refractivity contribution is 0.151. The summed E-state index contributed by atoms with van der Waals surface area (Å²) in [6.07, 6.45) is 4.08. The van der Waals surface area contributed by atoms with Gasteiger partial charge in [-0.3, -0.25) is 9.47 Å². The Morgan fingerprint density at radius 3 is 2.62 bits per heavy atom. The van der Waals surface area contributed by atoms with Gasteiger partial charge in [0, 0.05) is 24.7 Å². The predicted octanol–water partition coefficient (Wildman–Crippen LogP) is 4.85. The van der Waals surface area contributed by atoms with Gasteiger partial charge in [0.05, 0.1) is 12.2 Å². The van der Waals surface area contributed by atoms with E-state index in [4.69, 9.17) is 0 Å². The highest BCUT2D eigenvalue weighted by molar-refractivity contribution is 5.94. The number of aromatic hydroxyl groups is 1. The molecule has 6 nitrogen and oxygen atoms in total. The van der Waals surface area contributed by atoms with Crippen molar-refractivity contribution in [3.8, 4) is 5.88 Å². The van der Waals surface area contributed by atoms with E-state index in [9.17, 15) is 5.11 Å². The lowest BCUT2D eigenvalue weighted by atomic mass is 10.00. The average molecular weight is 349 g/mol. The zero-order valence-corrected chi connectivity index (χ0v) is 14.9. The van der Waals surface area contributed by atoms with Gasteiger partial charge in [-0.2, -0.15) is 0 Å². The van der Waals surface area contributed by atoms with Crippen LogP contribution in [0, 0.1) is 5.92 Å². The first kappa shape index (κ1) is 16.7. The fraction of sp³-hybridized carbons (Fsp3) is 0.350. The van der Waals surface area contributed by atoms with Crippen molar-refractivity contribution in [1.82, 2.24) is 14.5 Å². The lowest BCUT2D eigenvalue weighted by Gasteiger charge is -2.30. The molecule has 0 unspecified atom stereocenters. The minimum atomic E-state index is 0.157. The van der Waals surface area contributed by atoms with Crippen LogP contribution in [-0.2, 0) is 6.67 Å². The Labute approximate surface area is 152 Å². The first-order valence-electron chi connectivity index (χ1n) is 9.07. The molecule has 1 aromatic carbocycles. The summed E-state index contributed by atoms with van der Waals surface area (Å²) in [7, 11) is 0. The third kappa shape index (κ3) is 3.32. The molecule has 0 bridgehead atoms. The van der Waals surface area contributed by atoms with E-state index in [1.54, 1.807) is 12.3 Å². The molecule has 0 atom stereocenters. The molecule has 6 heteroatoms. The molecule has 1 fully saturated rings. The van der Waals surface area contributed by atoms with E-state index in [1.165, 1.54) is 12.8 Å². The van der Waals surface area contributed by atoms with Crippen LogP contribution in [0.1, 0.15) is 19.8 Å². The summed E-state index contributed by atoms with van der Waals surface area (Å²) >= 11 is 0.